The molecule has 4 aromatic rings. The Morgan fingerprint density at radius 3 is 2.33 bits per heavy atom. The lowest BCUT2D eigenvalue weighted by molar-refractivity contribution is -0.133. The molecule has 0 fully saturated rings. The minimum atomic E-state index is -0.525. The minimum absolute atomic E-state index is 0.0145. The van der Waals surface area contributed by atoms with E-state index in [1.165, 1.54) is 5.56 Å². The number of nitrogens with zero attached hydrogens (tertiary/aromatic N) is 1. The molecule has 0 bridgehead atoms. The number of aryl methyl sites for hydroxylation is 1. The Balaban J connectivity index is 1.39. The van der Waals surface area contributed by atoms with Crippen molar-refractivity contribution in [2.24, 2.45) is 5.73 Å². The molecular formula is C35H32N2O6. The van der Waals surface area contributed by atoms with E-state index < -0.39 is 11.9 Å². The molecule has 8 heteroatoms. The second-order valence-electron chi connectivity index (χ2n) is 10.0. The summed E-state index contributed by atoms with van der Waals surface area (Å²) in [4.78, 5) is 12.6. The number of nitrogens with two attached hydrogens (primary N) is 1. The number of carbonyl (C=O) groups excluding carboxylic acids is 1. The van der Waals surface area contributed by atoms with E-state index in [0.29, 0.717) is 47.5 Å². The number of hydrogen-bond donors (Lipinski definition) is 1. The van der Waals surface area contributed by atoms with Crippen molar-refractivity contribution in [2.75, 3.05) is 13.7 Å². The van der Waals surface area contributed by atoms with Crippen molar-refractivity contribution in [1.82, 2.24) is 0 Å². The predicted octanol–water partition coefficient (Wildman–Crippen LogP) is 6.35. The van der Waals surface area contributed by atoms with Crippen LogP contribution >= 0.6 is 0 Å². The van der Waals surface area contributed by atoms with Crippen LogP contribution in [-0.2, 0) is 17.8 Å². The number of allylic oxidation sites excluding steroid dienone is 1. The quantitative estimate of drug-likeness (QED) is 0.172. The van der Waals surface area contributed by atoms with Crippen LogP contribution in [0.25, 0.3) is 0 Å². The lowest BCUT2D eigenvalue weighted by Crippen LogP contribution is -2.21. The molecule has 5 rings (SSSR count). The molecular weight excluding hydrogens is 544 g/mol. The summed E-state index contributed by atoms with van der Waals surface area (Å²) in [5.74, 6) is 1.59. The number of hydrogen-bond acceptors (Lipinski definition) is 8. The molecule has 0 amide bonds. The van der Waals surface area contributed by atoms with Crippen molar-refractivity contribution in [1.29, 1.82) is 5.26 Å². The standard InChI is InChI=1S/C35H32N2O6/c1-4-40-32-18-25(11-16-30(32)41-21-24-7-5-22(2)6-8-24)34-28-15-14-27(19-31(28)43-35(37)29(34)20-36)42-33(38)17-23-9-12-26(39-3)13-10-23/h5-16,18-19,34H,4,17,21,37H2,1-3H3. The molecule has 0 saturated heterocycles. The average Bonchev–Trinajstić information content (AvgIpc) is 3.01. The van der Waals surface area contributed by atoms with Gasteiger partial charge in [-0.3, -0.25) is 4.79 Å². The summed E-state index contributed by atoms with van der Waals surface area (Å²) in [5.41, 5.74) is 11.0. The van der Waals surface area contributed by atoms with Gasteiger partial charge in [0.15, 0.2) is 11.5 Å². The zero-order chi connectivity index (χ0) is 30.3. The van der Waals surface area contributed by atoms with Gasteiger partial charge in [-0.1, -0.05) is 54.1 Å². The molecule has 0 spiro atoms. The van der Waals surface area contributed by atoms with Crippen LogP contribution in [0.4, 0.5) is 0 Å². The highest BCUT2D eigenvalue weighted by Crippen LogP contribution is 2.45. The van der Waals surface area contributed by atoms with Gasteiger partial charge in [0.05, 0.1) is 26.1 Å². The van der Waals surface area contributed by atoms with Gasteiger partial charge in [0.2, 0.25) is 5.88 Å². The Morgan fingerprint density at radius 1 is 0.907 bits per heavy atom. The molecule has 0 aliphatic carbocycles. The zero-order valence-corrected chi connectivity index (χ0v) is 24.3. The van der Waals surface area contributed by atoms with Crippen LogP contribution < -0.4 is 29.4 Å². The number of nitriles is 1. The van der Waals surface area contributed by atoms with Crippen LogP contribution in [0, 0.1) is 18.3 Å². The number of esters is 1. The number of ether oxygens (including phenoxy) is 5. The fraction of sp³-hybridized carbons (Fsp3) is 0.200. The molecule has 0 saturated carbocycles. The molecule has 8 nitrogen and oxygen atoms in total. The van der Waals surface area contributed by atoms with Crippen LogP contribution in [0.1, 0.15) is 40.7 Å². The van der Waals surface area contributed by atoms with Crippen molar-refractivity contribution < 1.29 is 28.5 Å². The van der Waals surface area contributed by atoms with Crippen molar-refractivity contribution in [2.45, 2.75) is 32.8 Å². The fourth-order valence-corrected chi connectivity index (χ4v) is 4.86. The van der Waals surface area contributed by atoms with Gasteiger partial charge >= 0.3 is 5.97 Å². The van der Waals surface area contributed by atoms with E-state index in [4.69, 9.17) is 29.4 Å². The summed E-state index contributed by atoms with van der Waals surface area (Å²) in [6, 6.07) is 28.2. The van der Waals surface area contributed by atoms with Gasteiger partial charge in [-0.25, -0.2) is 0 Å². The molecule has 1 heterocycles. The monoisotopic (exact) mass is 576 g/mol. The topological polar surface area (TPSA) is 113 Å². The SMILES string of the molecule is CCOc1cc(C2C(C#N)=C(N)Oc3cc(OC(=O)Cc4ccc(OC)cc4)ccc32)ccc1OCc1ccc(C)cc1. The number of benzene rings is 4. The normalized spacial score (nSPS) is 13.8. The minimum Gasteiger partial charge on any atom is -0.497 e. The van der Waals surface area contributed by atoms with Gasteiger partial charge in [0.1, 0.15) is 35.5 Å². The second kappa shape index (κ2) is 13.0. The zero-order valence-electron chi connectivity index (χ0n) is 24.3. The lowest BCUT2D eigenvalue weighted by atomic mass is 9.83. The summed E-state index contributed by atoms with van der Waals surface area (Å²) in [6.07, 6.45) is 0.0870. The number of carbonyl (C=O) groups is 1. The van der Waals surface area contributed by atoms with Gasteiger partial charge in [0.25, 0.3) is 0 Å². The van der Waals surface area contributed by atoms with Gasteiger partial charge in [0, 0.05) is 11.6 Å². The third kappa shape index (κ3) is 6.74. The van der Waals surface area contributed by atoms with Crippen LogP contribution in [0.5, 0.6) is 28.7 Å². The molecule has 0 radical (unpaired) electrons. The fourth-order valence-electron chi connectivity index (χ4n) is 4.86. The molecule has 0 aromatic heterocycles. The maximum atomic E-state index is 12.6. The third-order valence-corrected chi connectivity index (χ3v) is 7.05. The van der Waals surface area contributed by atoms with Crippen molar-refractivity contribution in [3.8, 4) is 34.8 Å². The van der Waals surface area contributed by atoms with E-state index in [9.17, 15) is 10.1 Å². The van der Waals surface area contributed by atoms with Crippen LogP contribution in [0.3, 0.4) is 0 Å². The van der Waals surface area contributed by atoms with E-state index >= 15 is 0 Å². The van der Waals surface area contributed by atoms with Gasteiger partial charge in [-0.2, -0.15) is 5.26 Å². The summed E-state index contributed by atoms with van der Waals surface area (Å²) in [5, 5.41) is 10.0. The Hall–Kier alpha value is -5.42. The largest absolute Gasteiger partial charge is 0.497 e. The van der Waals surface area contributed by atoms with E-state index in [1.807, 2.05) is 68.4 Å². The summed E-state index contributed by atoms with van der Waals surface area (Å²) in [7, 11) is 1.59. The Kier molecular flexibility index (Phi) is 8.82. The first-order chi connectivity index (χ1) is 20.9. The van der Waals surface area contributed by atoms with Gasteiger partial charge in [-0.05, 0) is 60.9 Å². The molecule has 218 valence electrons. The molecule has 2 N–H and O–H groups in total. The van der Waals surface area contributed by atoms with Crippen LogP contribution in [-0.4, -0.2) is 19.7 Å². The van der Waals surface area contributed by atoms with E-state index in [2.05, 4.69) is 6.07 Å². The highest BCUT2D eigenvalue weighted by molar-refractivity contribution is 5.75. The first-order valence-electron chi connectivity index (χ1n) is 13.9. The molecule has 1 aliphatic rings. The first kappa shape index (κ1) is 29.1. The summed E-state index contributed by atoms with van der Waals surface area (Å²) < 4.78 is 28.6. The van der Waals surface area contributed by atoms with E-state index in [0.717, 1.165) is 16.7 Å². The average molecular weight is 577 g/mol. The first-order valence-corrected chi connectivity index (χ1v) is 13.9. The number of methoxy groups -OCH3 is 1. The molecule has 43 heavy (non-hydrogen) atoms. The molecule has 4 aromatic carbocycles. The van der Waals surface area contributed by atoms with Crippen LogP contribution in [0.15, 0.2) is 96.4 Å². The molecule has 1 aliphatic heterocycles. The molecule has 1 atom stereocenters. The Morgan fingerprint density at radius 2 is 1.63 bits per heavy atom. The molecule has 1 unspecified atom stereocenters. The van der Waals surface area contributed by atoms with Gasteiger partial charge in [-0.15, -0.1) is 0 Å². The van der Waals surface area contributed by atoms with Gasteiger partial charge < -0.3 is 29.4 Å². The number of fused-ring (bicyclic) bond motifs is 1. The van der Waals surface area contributed by atoms with Crippen LogP contribution in [0.2, 0.25) is 0 Å². The lowest BCUT2D eigenvalue weighted by Gasteiger charge is -2.27. The Bertz CT molecular complexity index is 1690. The highest BCUT2D eigenvalue weighted by atomic mass is 16.5. The van der Waals surface area contributed by atoms with E-state index in [1.54, 1.807) is 37.4 Å². The van der Waals surface area contributed by atoms with Crippen molar-refractivity contribution >= 4 is 5.97 Å². The summed E-state index contributed by atoms with van der Waals surface area (Å²) >= 11 is 0. The maximum absolute atomic E-state index is 12.6. The smallest absolute Gasteiger partial charge is 0.315 e. The maximum Gasteiger partial charge on any atom is 0.315 e. The highest BCUT2D eigenvalue weighted by Gasteiger charge is 2.32. The van der Waals surface area contributed by atoms with Crippen molar-refractivity contribution in [3.63, 3.8) is 0 Å². The third-order valence-electron chi connectivity index (χ3n) is 7.05. The second-order valence-corrected chi connectivity index (χ2v) is 10.0. The Labute approximate surface area is 250 Å². The van der Waals surface area contributed by atoms with Crippen molar-refractivity contribution in [3.05, 3.63) is 124 Å². The predicted molar refractivity (Wildman–Crippen MR) is 161 cm³/mol. The van der Waals surface area contributed by atoms with E-state index in [-0.39, 0.29) is 17.9 Å². The number of rotatable bonds is 10. The summed E-state index contributed by atoms with van der Waals surface area (Å²) in [6.45, 7) is 4.76.